The standard InChI is InChI=1S/C26H30N4O2S/c1-17-18(2)30(20-11-6-5-7-12-20)19(3)23(17)25-24(21-13-8-9-15-27-21)28-26(33)29(25)16-10-14-22(31)32-4/h5-9,11-13,15,24-25H,10,14,16H2,1-4H3,(H,28,33)/t24-,25+/m1/s1. The van der Waals surface area contributed by atoms with E-state index in [0.29, 0.717) is 24.5 Å². The lowest BCUT2D eigenvalue weighted by Gasteiger charge is -2.29. The lowest BCUT2D eigenvalue weighted by molar-refractivity contribution is -0.140. The van der Waals surface area contributed by atoms with Crippen molar-refractivity contribution in [2.24, 2.45) is 0 Å². The molecule has 0 spiro atoms. The van der Waals surface area contributed by atoms with E-state index in [1.807, 2.05) is 30.5 Å². The van der Waals surface area contributed by atoms with Crippen LogP contribution in [0.3, 0.4) is 0 Å². The highest BCUT2D eigenvalue weighted by Crippen LogP contribution is 2.43. The Kier molecular flexibility index (Phi) is 6.79. The molecule has 0 bridgehead atoms. The second-order valence-corrected chi connectivity index (χ2v) is 8.77. The normalized spacial score (nSPS) is 17.8. The number of thiocarbonyl (C=S) groups is 1. The van der Waals surface area contributed by atoms with Gasteiger partial charge < -0.3 is 19.5 Å². The van der Waals surface area contributed by atoms with Crippen molar-refractivity contribution in [1.29, 1.82) is 0 Å². The van der Waals surface area contributed by atoms with Gasteiger partial charge in [0, 0.05) is 41.8 Å². The fourth-order valence-electron chi connectivity index (χ4n) is 4.86. The minimum atomic E-state index is -0.204. The van der Waals surface area contributed by atoms with Gasteiger partial charge >= 0.3 is 5.97 Å². The van der Waals surface area contributed by atoms with Crippen molar-refractivity contribution in [3.8, 4) is 5.69 Å². The fourth-order valence-corrected chi connectivity index (χ4v) is 5.19. The number of methoxy groups -OCH3 is 1. The number of rotatable bonds is 7. The molecule has 172 valence electrons. The summed E-state index contributed by atoms with van der Waals surface area (Å²) >= 11 is 5.79. The molecule has 1 saturated heterocycles. The fraction of sp³-hybridized carbons (Fsp3) is 0.346. The van der Waals surface area contributed by atoms with Gasteiger partial charge in [-0.3, -0.25) is 9.78 Å². The number of pyridine rings is 1. The Morgan fingerprint density at radius 2 is 1.82 bits per heavy atom. The first-order valence-electron chi connectivity index (χ1n) is 11.2. The maximum absolute atomic E-state index is 11.7. The SMILES string of the molecule is COC(=O)CCCN1C(=S)N[C@H](c2ccccn2)[C@@H]1c1c(C)c(C)n(-c2ccccc2)c1C. The van der Waals surface area contributed by atoms with Gasteiger partial charge in [-0.2, -0.15) is 0 Å². The Balaban J connectivity index is 1.79. The molecule has 1 aliphatic heterocycles. The van der Waals surface area contributed by atoms with Gasteiger partial charge in [-0.25, -0.2) is 0 Å². The van der Waals surface area contributed by atoms with E-state index in [0.717, 1.165) is 11.4 Å². The van der Waals surface area contributed by atoms with Gasteiger partial charge in [-0.15, -0.1) is 0 Å². The Morgan fingerprint density at radius 3 is 2.48 bits per heavy atom. The number of hydrogen-bond donors (Lipinski definition) is 1. The molecule has 3 heterocycles. The minimum Gasteiger partial charge on any atom is -0.469 e. The summed E-state index contributed by atoms with van der Waals surface area (Å²) in [6, 6.07) is 16.3. The predicted molar refractivity (Wildman–Crippen MR) is 133 cm³/mol. The van der Waals surface area contributed by atoms with Crippen LogP contribution in [0.15, 0.2) is 54.7 Å². The van der Waals surface area contributed by atoms with Crippen LogP contribution in [0.2, 0.25) is 0 Å². The van der Waals surface area contributed by atoms with Gasteiger partial charge in [0.25, 0.3) is 0 Å². The Bertz CT molecular complexity index is 1140. The van der Waals surface area contributed by atoms with E-state index in [1.165, 1.54) is 29.6 Å². The quantitative estimate of drug-likeness (QED) is 0.405. The molecule has 7 heteroatoms. The van der Waals surface area contributed by atoms with Crippen LogP contribution < -0.4 is 5.32 Å². The number of carbonyl (C=O) groups is 1. The van der Waals surface area contributed by atoms with Gasteiger partial charge in [-0.1, -0.05) is 24.3 Å². The third-order valence-electron chi connectivity index (χ3n) is 6.52. The molecule has 6 nitrogen and oxygen atoms in total. The first-order chi connectivity index (χ1) is 15.9. The van der Waals surface area contributed by atoms with Gasteiger partial charge in [-0.05, 0) is 69.2 Å². The smallest absolute Gasteiger partial charge is 0.305 e. The second kappa shape index (κ2) is 9.75. The first-order valence-corrected chi connectivity index (χ1v) is 11.6. The van der Waals surface area contributed by atoms with Crippen LogP contribution in [0.25, 0.3) is 5.69 Å². The Labute approximate surface area is 200 Å². The number of aromatic nitrogens is 2. The zero-order chi connectivity index (χ0) is 23.5. The Morgan fingerprint density at radius 1 is 1.09 bits per heavy atom. The van der Waals surface area contributed by atoms with E-state index < -0.39 is 0 Å². The predicted octanol–water partition coefficient (Wildman–Crippen LogP) is 4.72. The van der Waals surface area contributed by atoms with Crippen molar-refractivity contribution in [3.63, 3.8) is 0 Å². The highest BCUT2D eigenvalue weighted by molar-refractivity contribution is 7.80. The summed E-state index contributed by atoms with van der Waals surface area (Å²) in [6.45, 7) is 7.17. The number of benzene rings is 1. The number of hydrogen-bond acceptors (Lipinski definition) is 4. The van der Waals surface area contributed by atoms with Crippen molar-refractivity contribution in [3.05, 3.63) is 82.9 Å². The van der Waals surface area contributed by atoms with Crippen molar-refractivity contribution in [2.75, 3.05) is 13.7 Å². The van der Waals surface area contributed by atoms with Crippen LogP contribution in [0, 0.1) is 20.8 Å². The lowest BCUT2D eigenvalue weighted by Crippen LogP contribution is -2.31. The molecule has 0 aliphatic carbocycles. The van der Waals surface area contributed by atoms with Gasteiger partial charge in [0.15, 0.2) is 5.11 Å². The van der Waals surface area contributed by atoms with E-state index in [2.05, 4.69) is 64.8 Å². The van der Waals surface area contributed by atoms with E-state index in [9.17, 15) is 4.79 Å². The summed E-state index contributed by atoms with van der Waals surface area (Å²) in [5.41, 5.74) is 6.97. The molecule has 2 aromatic heterocycles. The second-order valence-electron chi connectivity index (χ2n) is 8.38. The average Bonchev–Trinajstić information content (AvgIpc) is 3.27. The van der Waals surface area contributed by atoms with Crippen molar-refractivity contribution >= 4 is 23.3 Å². The summed E-state index contributed by atoms with van der Waals surface area (Å²) in [7, 11) is 1.42. The zero-order valence-electron chi connectivity index (χ0n) is 19.5. The molecule has 1 N–H and O–H groups in total. The first kappa shape index (κ1) is 23.0. The van der Waals surface area contributed by atoms with Crippen molar-refractivity contribution in [1.82, 2.24) is 19.8 Å². The lowest BCUT2D eigenvalue weighted by atomic mass is 9.93. The van der Waals surface area contributed by atoms with Crippen LogP contribution in [0.5, 0.6) is 0 Å². The van der Waals surface area contributed by atoms with Crippen molar-refractivity contribution < 1.29 is 9.53 Å². The van der Waals surface area contributed by atoms with Crippen LogP contribution >= 0.6 is 12.2 Å². The van der Waals surface area contributed by atoms with Gasteiger partial charge in [0.1, 0.15) is 0 Å². The van der Waals surface area contributed by atoms with Crippen LogP contribution in [-0.4, -0.2) is 39.2 Å². The highest BCUT2D eigenvalue weighted by atomic mass is 32.1. The number of esters is 1. The maximum Gasteiger partial charge on any atom is 0.305 e. The summed E-state index contributed by atoms with van der Waals surface area (Å²) in [6.07, 6.45) is 2.84. The topological polar surface area (TPSA) is 59.4 Å². The van der Waals surface area contributed by atoms with Crippen LogP contribution in [-0.2, 0) is 9.53 Å². The molecule has 1 fully saturated rings. The van der Waals surface area contributed by atoms with Gasteiger partial charge in [0.2, 0.25) is 0 Å². The summed E-state index contributed by atoms with van der Waals surface area (Å²) in [4.78, 5) is 18.6. The van der Waals surface area contributed by atoms with Crippen LogP contribution in [0.4, 0.5) is 0 Å². The zero-order valence-corrected chi connectivity index (χ0v) is 20.4. The minimum absolute atomic E-state index is 0.0336. The van der Waals surface area contributed by atoms with E-state index in [-0.39, 0.29) is 18.1 Å². The molecular formula is C26H30N4O2S. The molecule has 0 amide bonds. The summed E-state index contributed by atoms with van der Waals surface area (Å²) in [5, 5.41) is 4.20. The third-order valence-corrected chi connectivity index (χ3v) is 6.88. The molecule has 0 radical (unpaired) electrons. The molecule has 2 atom stereocenters. The molecule has 4 rings (SSSR count). The monoisotopic (exact) mass is 462 g/mol. The highest BCUT2D eigenvalue weighted by Gasteiger charge is 2.42. The molecular weight excluding hydrogens is 432 g/mol. The van der Waals surface area contributed by atoms with E-state index in [1.54, 1.807) is 0 Å². The van der Waals surface area contributed by atoms with E-state index >= 15 is 0 Å². The molecule has 1 aromatic carbocycles. The molecule has 3 aromatic rings. The molecule has 0 saturated carbocycles. The number of nitrogens with zero attached hydrogens (tertiary/aromatic N) is 3. The maximum atomic E-state index is 11.7. The number of para-hydroxylation sites is 1. The molecule has 0 unspecified atom stereocenters. The van der Waals surface area contributed by atoms with Crippen molar-refractivity contribution in [2.45, 2.75) is 45.7 Å². The number of carbonyl (C=O) groups excluding carboxylic acids is 1. The summed E-state index contributed by atoms with van der Waals surface area (Å²) in [5.74, 6) is -0.204. The van der Waals surface area contributed by atoms with E-state index in [4.69, 9.17) is 17.0 Å². The average molecular weight is 463 g/mol. The molecule has 1 aliphatic rings. The largest absolute Gasteiger partial charge is 0.469 e. The number of ether oxygens (including phenoxy) is 1. The number of nitrogens with one attached hydrogen (secondary N) is 1. The van der Waals surface area contributed by atoms with Gasteiger partial charge in [0.05, 0.1) is 24.9 Å². The van der Waals surface area contributed by atoms with Crippen LogP contribution in [0.1, 0.15) is 53.1 Å². The molecule has 33 heavy (non-hydrogen) atoms. The summed E-state index contributed by atoms with van der Waals surface area (Å²) < 4.78 is 7.14. The Hall–Kier alpha value is -3.19. The third kappa shape index (κ3) is 4.37.